The molecule has 1 saturated carbocycles. The van der Waals surface area contributed by atoms with Crippen LogP contribution in [0.2, 0.25) is 0 Å². The van der Waals surface area contributed by atoms with Gasteiger partial charge in [-0.05, 0) is 11.8 Å². The Morgan fingerprint density at radius 1 is 1.64 bits per heavy atom. The number of rotatable bonds is 4. The summed E-state index contributed by atoms with van der Waals surface area (Å²) in [5.74, 6) is 0. The average Bonchev–Trinajstić information content (AvgIpc) is 2.54. The number of hydrogen-bond donors (Lipinski definition) is 3. The zero-order valence-electron chi connectivity index (χ0n) is 7.17. The van der Waals surface area contributed by atoms with E-state index in [4.69, 9.17) is 10.2 Å². The van der Waals surface area contributed by atoms with Gasteiger partial charge >= 0.3 is 0 Å². The minimum Gasteiger partial charge on any atom is -0.394 e. The van der Waals surface area contributed by atoms with Gasteiger partial charge in [0.1, 0.15) is 0 Å². The quantitative estimate of drug-likeness (QED) is 0.529. The maximum absolute atomic E-state index is 8.99. The fourth-order valence-corrected chi connectivity index (χ4v) is 1.16. The molecule has 11 heavy (non-hydrogen) atoms. The Kier molecular flexibility index (Phi) is 2.52. The van der Waals surface area contributed by atoms with Crippen LogP contribution < -0.4 is 5.32 Å². The van der Waals surface area contributed by atoms with E-state index in [1.165, 1.54) is 6.42 Å². The molecule has 1 rings (SSSR count). The molecule has 0 heterocycles. The van der Waals surface area contributed by atoms with E-state index in [1.807, 2.05) is 0 Å². The van der Waals surface area contributed by atoms with E-state index in [2.05, 4.69) is 19.2 Å². The molecule has 3 nitrogen and oxygen atoms in total. The maximum Gasteiger partial charge on any atom is 0.0895 e. The SMILES string of the molecule is CC1(C)CC1NCC(O)CO. The van der Waals surface area contributed by atoms with Crippen LogP contribution in [0.1, 0.15) is 20.3 Å². The Morgan fingerprint density at radius 3 is 2.55 bits per heavy atom. The van der Waals surface area contributed by atoms with Gasteiger partial charge in [-0.25, -0.2) is 0 Å². The summed E-state index contributed by atoms with van der Waals surface area (Å²) in [5.41, 5.74) is 0.398. The molecule has 0 aromatic heterocycles. The van der Waals surface area contributed by atoms with Gasteiger partial charge in [0, 0.05) is 12.6 Å². The van der Waals surface area contributed by atoms with Gasteiger partial charge in [-0.3, -0.25) is 0 Å². The molecule has 0 bridgehead atoms. The van der Waals surface area contributed by atoms with Crippen molar-refractivity contribution in [1.29, 1.82) is 0 Å². The smallest absolute Gasteiger partial charge is 0.0895 e. The van der Waals surface area contributed by atoms with Crippen LogP contribution in [-0.4, -0.2) is 35.5 Å². The molecule has 0 saturated heterocycles. The van der Waals surface area contributed by atoms with Gasteiger partial charge in [0.15, 0.2) is 0 Å². The van der Waals surface area contributed by atoms with Crippen LogP contribution in [0, 0.1) is 5.41 Å². The van der Waals surface area contributed by atoms with Crippen LogP contribution in [0.3, 0.4) is 0 Å². The molecular formula is C8H17NO2. The summed E-state index contributed by atoms with van der Waals surface area (Å²) in [5, 5.41) is 20.7. The van der Waals surface area contributed by atoms with Crippen LogP contribution >= 0.6 is 0 Å². The first-order valence-electron chi connectivity index (χ1n) is 4.08. The topological polar surface area (TPSA) is 52.5 Å². The highest BCUT2D eigenvalue weighted by Gasteiger charge is 2.45. The van der Waals surface area contributed by atoms with E-state index in [9.17, 15) is 0 Å². The summed E-state index contributed by atoms with van der Waals surface area (Å²) in [6.07, 6.45) is 0.567. The van der Waals surface area contributed by atoms with Crippen molar-refractivity contribution in [1.82, 2.24) is 5.32 Å². The lowest BCUT2D eigenvalue weighted by Crippen LogP contribution is -2.32. The van der Waals surface area contributed by atoms with Crippen molar-refractivity contribution >= 4 is 0 Å². The normalized spacial score (nSPS) is 30.0. The minimum absolute atomic E-state index is 0.153. The van der Waals surface area contributed by atoms with Crippen LogP contribution in [0.5, 0.6) is 0 Å². The molecule has 2 unspecified atom stereocenters. The Bertz CT molecular complexity index is 136. The van der Waals surface area contributed by atoms with Gasteiger partial charge in [-0.2, -0.15) is 0 Å². The highest BCUT2D eigenvalue weighted by atomic mass is 16.3. The van der Waals surface area contributed by atoms with Crippen LogP contribution in [0.15, 0.2) is 0 Å². The molecule has 0 radical (unpaired) electrons. The first-order valence-corrected chi connectivity index (χ1v) is 4.08. The van der Waals surface area contributed by atoms with E-state index in [0.29, 0.717) is 18.0 Å². The monoisotopic (exact) mass is 159 g/mol. The molecule has 66 valence electrons. The molecule has 0 aromatic carbocycles. The Labute approximate surface area is 67.4 Å². The summed E-state index contributed by atoms with van der Waals surface area (Å²) >= 11 is 0. The molecule has 1 fully saturated rings. The van der Waals surface area contributed by atoms with E-state index >= 15 is 0 Å². The van der Waals surface area contributed by atoms with Crippen LogP contribution in [0.25, 0.3) is 0 Å². The molecule has 0 amide bonds. The fraction of sp³-hybridized carbons (Fsp3) is 1.00. The Balaban J connectivity index is 2.06. The zero-order chi connectivity index (χ0) is 8.48. The molecule has 3 heteroatoms. The first-order chi connectivity index (χ1) is 5.06. The van der Waals surface area contributed by atoms with Crippen LogP contribution in [0.4, 0.5) is 0 Å². The third kappa shape index (κ3) is 2.43. The lowest BCUT2D eigenvalue weighted by molar-refractivity contribution is 0.0935. The van der Waals surface area contributed by atoms with Gasteiger partial charge in [-0.1, -0.05) is 13.8 Å². The largest absolute Gasteiger partial charge is 0.394 e. The fourth-order valence-electron chi connectivity index (χ4n) is 1.16. The van der Waals surface area contributed by atoms with E-state index in [1.54, 1.807) is 0 Å². The van der Waals surface area contributed by atoms with Gasteiger partial charge in [0.2, 0.25) is 0 Å². The molecule has 1 aliphatic carbocycles. The van der Waals surface area contributed by atoms with Crippen LogP contribution in [-0.2, 0) is 0 Å². The molecule has 1 aliphatic rings. The highest BCUT2D eigenvalue weighted by Crippen LogP contribution is 2.44. The van der Waals surface area contributed by atoms with Gasteiger partial charge in [0.25, 0.3) is 0 Å². The molecule has 3 N–H and O–H groups in total. The summed E-state index contributed by atoms with van der Waals surface area (Å²) in [6.45, 7) is 4.73. The van der Waals surface area contributed by atoms with E-state index < -0.39 is 6.10 Å². The van der Waals surface area contributed by atoms with Crippen molar-refractivity contribution in [2.75, 3.05) is 13.2 Å². The third-order valence-corrected chi connectivity index (χ3v) is 2.32. The lowest BCUT2D eigenvalue weighted by atomic mass is 10.2. The second kappa shape index (κ2) is 3.09. The van der Waals surface area contributed by atoms with Gasteiger partial charge in [-0.15, -0.1) is 0 Å². The molecule has 0 aliphatic heterocycles. The third-order valence-electron chi connectivity index (χ3n) is 2.32. The van der Waals surface area contributed by atoms with Gasteiger partial charge in [0.05, 0.1) is 12.7 Å². The Hall–Kier alpha value is -0.120. The predicted molar refractivity (Wildman–Crippen MR) is 43.3 cm³/mol. The number of hydrogen-bond acceptors (Lipinski definition) is 3. The molecule has 0 spiro atoms. The first kappa shape index (κ1) is 8.97. The zero-order valence-corrected chi connectivity index (χ0v) is 7.17. The van der Waals surface area contributed by atoms with Gasteiger partial charge < -0.3 is 15.5 Å². The summed E-state index contributed by atoms with van der Waals surface area (Å²) in [7, 11) is 0. The second-order valence-electron chi connectivity index (χ2n) is 3.99. The molecule has 2 atom stereocenters. The summed E-state index contributed by atoms with van der Waals surface area (Å²) < 4.78 is 0. The Morgan fingerprint density at radius 2 is 2.18 bits per heavy atom. The van der Waals surface area contributed by atoms with E-state index in [-0.39, 0.29) is 6.61 Å². The molecular weight excluding hydrogens is 142 g/mol. The number of aliphatic hydroxyl groups is 2. The predicted octanol–water partition coefficient (Wildman–Crippen LogP) is -0.272. The lowest BCUT2D eigenvalue weighted by Gasteiger charge is -2.09. The van der Waals surface area contributed by atoms with Crippen molar-refractivity contribution in [3.63, 3.8) is 0 Å². The van der Waals surface area contributed by atoms with Crippen molar-refractivity contribution in [3.8, 4) is 0 Å². The number of aliphatic hydroxyl groups excluding tert-OH is 2. The molecule has 0 aromatic rings. The van der Waals surface area contributed by atoms with Crippen molar-refractivity contribution in [2.24, 2.45) is 5.41 Å². The van der Waals surface area contributed by atoms with Crippen molar-refractivity contribution in [3.05, 3.63) is 0 Å². The second-order valence-corrected chi connectivity index (χ2v) is 3.99. The maximum atomic E-state index is 8.99. The summed E-state index contributed by atoms with van der Waals surface area (Å²) in [4.78, 5) is 0. The average molecular weight is 159 g/mol. The highest BCUT2D eigenvalue weighted by molar-refractivity contribution is 5.01. The standard InChI is InChI=1S/C8H17NO2/c1-8(2)3-7(8)9-4-6(11)5-10/h6-7,9-11H,3-5H2,1-2H3. The minimum atomic E-state index is -0.605. The van der Waals surface area contributed by atoms with Crippen molar-refractivity contribution < 1.29 is 10.2 Å². The van der Waals surface area contributed by atoms with E-state index in [0.717, 1.165) is 0 Å². The number of nitrogens with one attached hydrogen (secondary N) is 1. The summed E-state index contributed by atoms with van der Waals surface area (Å²) in [6, 6.07) is 0.531. The van der Waals surface area contributed by atoms with Crippen molar-refractivity contribution in [2.45, 2.75) is 32.4 Å².